The lowest BCUT2D eigenvalue weighted by Crippen LogP contribution is -2.30. The average Bonchev–Trinajstić information content (AvgIpc) is 2.62. The van der Waals surface area contributed by atoms with Crippen LogP contribution in [0.5, 0.6) is 5.75 Å². The lowest BCUT2D eigenvalue weighted by atomic mass is 10.1. The van der Waals surface area contributed by atoms with Crippen LogP contribution in [0.1, 0.15) is 17.3 Å². The van der Waals surface area contributed by atoms with Gasteiger partial charge in [0, 0.05) is 12.1 Å². The molecule has 0 heterocycles. The van der Waals surface area contributed by atoms with E-state index in [-0.39, 0.29) is 17.0 Å². The molecule has 0 aliphatic rings. The summed E-state index contributed by atoms with van der Waals surface area (Å²) in [5.41, 5.74) is -0.0833. The number of hydrogen-bond donors (Lipinski definition) is 1. The minimum atomic E-state index is -1.16. The summed E-state index contributed by atoms with van der Waals surface area (Å²) in [5, 5.41) is 13.7. The Balaban J connectivity index is 2.13. The van der Waals surface area contributed by atoms with Crippen molar-refractivity contribution in [3.05, 3.63) is 63.2 Å². The fraction of sp³-hybridized carbons (Fsp3) is 0.176. The molecular weight excluding hydrogens is 364 g/mol. The number of nitrogens with one attached hydrogen (secondary N) is 1. The molecule has 0 saturated heterocycles. The normalized spacial score (nSPS) is 11.3. The maximum absolute atomic E-state index is 12.3. The fourth-order valence-corrected chi connectivity index (χ4v) is 2.23. The van der Waals surface area contributed by atoms with Crippen molar-refractivity contribution in [1.29, 1.82) is 0 Å². The molecule has 1 N–H and O–H groups in total. The van der Waals surface area contributed by atoms with Crippen LogP contribution in [0.2, 0.25) is 5.02 Å². The monoisotopic (exact) mass is 378 g/mol. The number of esters is 1. The predicted octanol–water partition coefficient (Wildman–Crippen LogP) is 3.44. The lowest BCUT2D eigenvalue weighted by Gasteiger charge is -2.15. The zero-order valence-electron chi connectivity index (χ0n) is 13.9. The highest BCUT2D eigenvalue weighted by atomic mass is 35.5. The molecule has 2 rings (SSSR count). The Morgan fingerprint density at radius 1 is 1.23 bits per heavy atom. The van der Waals surface area contributed by atoms with Crippen LogP contribution in [-0.2, 0) is 9.53 Å². The number of amides is 1. The van der Waals surface area contributed by atoms with E-state index in [0.29, 0.717) is 10.7 Å². The zero-order chi connectivity index (χ0) is 19.3. The molecule has 0 aliphatic heterocycles. The van der Waals surface area contributed by atoms with Crippen LogP contribution in [0.4, 0.5) is 11.4 Å². The number of ether oxygens (including phenoxy) is 2. The molecule has 136 valence electrons. The summed E-state index contributed by atoms with van der Waals surface area (Å²) in [6.45, 7) is 1.37. The molecule has 9 heteroatoms. The standard InChI is InChI=1S/C17H15ClN2O6/c1-10(16(21)19-14-6-4-3-5-13(14)18)26-17(22)12-9-11(20(23)24)7-8-15(12)25-2/h3-10H,1-2H3,(H,19,21)/t10-/m0/s1. The summed E-state index contributed by atoms with van der Waals surface area (Å²) in [6, 6.07) is 10.1. The summed E-state index contributed by atoms with van der Waals surface area (Å²) in [7, 11) is 1.31. The van der Waals surface area contributed by atoms with E-state index in [2.05, 4.69) is 5.32 Å². The number of hydrogen-bond acceptors (Lipinski definition) is 6. The second-order valence-corrected chi connectivity index (χ2v) is 5.57. The summed E-state index contributed by atoms with van der Waals surface area (Å²) in [4.78, 5) is 34.7. The van der Waals surface area contributed by atoms with E-state index in [1.54, 1.807) is 24.3 Å². The largest absolute Gasteiger partial charge is 0.496 e. The quantitative estimate of drug-likeness (QED) is 0.468. The molecule has 0 radical (unpaired) electrons. The van der Waals surface area contributed by atoms with Crippen LogP contribution in [-0.4, -0.2) is 30.0 Å². The van der Waals surface area contributed by atoms with E-state index in [0.717, 1.165) is 6.07 Å². The van der Waals surface area contributed by atoms with Crippen LogP contribution >= 0.6 is 11.6 Å². The molecule has 0 aliphatic carbocycles. The number of carbonyl (C=O) groups excluding carboxylic acids is 2. The number of halogens is 1. The predicted molar refractivity (Wildman–Crippen MR) is 94.6 cm³/mol. The molecule has 0 unspecified atom stereocenters. The second-order valence-electron chi connectivity index (χ2n) is 5.16. The Hall–Kier alpha value is -3.13. The lowest BCUT2D eigenvalue weighted by molar-refractivity contribution is -0.384. The van der Waals surface area contributed by atoms with Crippen LogP contribution in [0.25, 0.3) is 0 Å². The Bertz CT molecular complexity index is 855. The zero-order valence-corrected chi connectivity index (χ0v) is 14.6. The van der Waals surface area contributed by atoms with Crippen molar-refractivity contribution in [1.82, 2.24) is 0 Å². The van der Waals surface area contributed by atoms with Crippen LogP contribution in [0, 0.1) is 10.1 Å². The molecule has 1 atom stereocenters. The molecule has 0 saturated carbocycles. The maximum Gasteiger partial charge on any atom is 0.342 e. The van der Waals surface area contributed by atoms with E-state index in [1.165, 1.54) is 26.2 Å². The smallest absolute Gasteiger partial charge is 0.342 e. The molecule has 8 nitrogen and oxygen atoms in total. The summed E-state index contributed by atoms with van der Waals surface area (Å²) >= 11 is 5.96. The number of nitro benzene ring substituents is 1. The highest BCUT2D eigenvalue weighted by Gasteiger charge is 2.24. The van der Waals surface area contributed by atoms with Gasteiger partial charge in [-0.2, -0.15) is 0 Å². The Morgan fingerprint density at radius 2 is 1.92 bits per heavy atom. The average molecular weight is 379 g/mol. The van der Waals surface area contributed by atoms with Crippen LogP contribution in [0.3, 0.4) is 0 Å². The number of carbonyl (C=O) groups is 2. The molecule has 26 heavy (non-hydrogen) atoms. The molecule has 2 aromatic rings. The fourth-order valence-electron chi connectivity index (χ4n) is 2.04. The number of rotatable bonds is 6. The van der Waals surface area contributed by atoms with Gasteiger partial charge in [-0.1, -0.05) is 23.7 Å². The van der Waals surface area contributed by atoms with E-state index < -0.39 is 22.9 Å². The van der Waals surface area contributed by atoms with Gasteiger partial charge in [0.25, 0.3) is 11.6 Å². The topological polar surface area (TPSA) is 108 Å². The van der Waals surface area contributed by atoms with Crippen molar-refractivity contribution in [3.63, 3.8) is 0 Å². The van der Waals surface area contributed by atoms with E-state index in [1.807, 2.05) is 0 Å². The molecule has 2 aromatic carbocycles. The SMILES string of the molecule is COc1ccc([N+](=O)[O-])cc1C(=O)O[C@@H](C)C(=O)Nc1ccccc1Cl. The Labute approximate surface area is 153 Å². The number of para-hydroxylation sites is 1. The third kappa shape index (κ3) is 4.48. The van der Waals surface area contributed by atoms with Gasteiger partial charge in [0.15, 0.2) is 6.10 Å². The first-order valence-electron chi connectivity index (χ1n) is 7.42. The second kappa shape index (κ2) is 8.30. The van der Waals surface area contributed by atoms with Gasteiger partial charge in [-0.3, -0.25) is 14.9 Å². The summed E-state index contributed by atoms with van der Waals surface area (Å²) in [5.74, 6) is -1.43. The first kappa shape index (κ1) is 19.2. The summed E-state index contributed by atoms with van der Waals surface area (Å²) < 4.78 is 10.1. The first-order valence-corrected chi connectivity index (χ1v) is 7.80. The van der Waals surface area contributed by atoms with Gasteiger partial charge in [0.1, 0.15) is 11.3 Å². The minimum absolute atomic E-state index is 0.0966. The Morgan fingerprint density at radius 3 is 2.54 bits per heavy atom. The van der Waals surface area contributed by atoms with Crippen molar-refractivity contribution < 1.29 is 24.0 Å². The minimum Gasteiger partial charge on any atom is -0.496 e. The van der Waals surface area contributed by atoms with Gasteiger partial charge in [-0.25, -0.2) is 4.79 Å². The first-order chi connectivity index (χ1) is 12.3. The number of methoxy groups -OCH3 is 1. The van der Waals surface area contributed by atoms with Gasteiger partial charge in [0.05, 0.1) is 22.7 Å². The number of non-ortho nitro benzene ring substituents is 1. The molecule has 0 aromatic heterocycles. The van der Waals surface area contributed by atoms with E-state index in [9.17, 15) is 19.7 Å². The summed E-state index contributed by atoms with van der Waals surface area (Å²) in [6.07, 6.45) is -1.16. The molecular formula is C17H15ClN2O6. The third-order valence-corrected chi connectivity index (χ3v) is 3.73. The maximum atomic E-state index is 12.3. The molecule has 0 fully saturated rings. The molecule has 0 spiro atoms. The number of nitrogens with zero attached hydrogens (tertiary/aromatic N) is 1. The van der Waals surface area contributed by atoms with Gasteiger partial charge in [-0.05, 0) is 25.1 Å². The van der Waals surface area contributed by atoms with Crippen molar-refractivity contribution in [2.75, 3.05) is 12.4 Å². The van der Waals surface area contributed by atoms with Crippen LogP contribution < -0.4 is 10.1 Å². The number of benzene rings is 2. The number of nitro groups is 1. The molecule has 0 bridgehead atoms. The van der Waals surface area contributed by atoms with Crippen molar-refractivity contribution in [2.24, 2.45) is 0 Å². The van der Waals surface area contributed by atoms with Crippen molar-refractivity contribution in [3.8, 4) is 5.75 Å². The van der Waals surface area contributed by atoms with Gasteiger partial charge in [-0.15, -0.1) is 0 Å². The van der Waals surface area contributed by atoms with Gasteiger partial charge >= 0.3 is 5.97 Å². The Kier molecular flexibility index (Phi) is 6.13. The van der Waals surface area contributed by atoms with E-state index >= 15 is 0 Å². The third-order valence-electron chi connectivity index (χ3n) is 3.40. The van der Waals surface area contributed by atoms with E-state index in [4.69, 9.17) is 21.1 Å². The van der Waals surface area contributed by atoms with Crippen LogP contribution in [0.15, 0.2) is 42.5 Å². The van der Waals surface area contributed by atoms with Gasteiger partial charge < -0.3 is 14.8 Å². The highest BCUT2D eigenvalue weighted by Crippen LogP contribution is 2.25. The highest BCUT2D eigenvalue weighted by molar-refractivity contribution is 6.33. The number of anilines is 1. The molecule has 1 amide bonds. The van der Waals surface area contributed by atoms with Gasteiger partial charge in [0.2, 0.25) is 0 Å². The van der Waals surface area contributed by atoms with Crippen molar-refractivity contribution in [2.45, 2.75) is 13.0 Å². The van der Waals surface area contributed by atoms with Crippen molar-refractivity contribution >= 4 is 34.9 Å².